The largest absolute Gasteiger partial charge is 0.497 e. The number of benzene rings is 3. The zero-order valence-electron chi connectivity index (χ0n) is 25.8. The standard InChI is InChI=1S/C34H34FN4O7P/c1-3-33-23-44-47(41,43-22-10-20-36)46-30(33)29(35)31(45-33)39-21-19-28(37-32(39)40)38-34(24-11-6-4-7-12-24,25-13-8-5-9-14-25)26-15-17-27(42-2)18-16-26/h4-9,11-19,21,29-31H,3,10,22-23H2,1-2H3,(H,37,38,40)/t29-,30+,31-,33-,47?/m1/s1. The molecular weight excluding hydrogens is 626 g/mol. The Kier molecular flexibility index (Phi) is 9.28. The number of nitrogens with zero attached hydrogens (tertiary/aromatic N) is 3. The highest BCUT2D eigenvalue weighted by atomic mass is 31.2. The summed E-state index contributed by atoms with van der Waals surface area (Å²) in [5, 5.41) is 12.3. The first kappa shape index (κ1) is 32.6. The Hall–Kier alpha value is -4.37. The lowest BCUT2D eigenvalue weighted by atomic mass is 9.77. The van der Waals surface area contributed by atoms with E-state index in [0.717, 1.165) is 21.3 Å². The van der Waals surface area contributed by atoms with Crippen molar-refractivity contribution in [2.24, 2.45) is 0 Å². The number of hydrogen-bond acceptors (Lipinski definition) is 10. The monoisotopic (exact) mass is 660 g/mol. The number of halogens is 1. The molecule has 2 aliphatic heterocycles. The lowest BCUT2D eigenvalue weighted by molar-refractivity contribution is -0.148. The van der Waals surface area contributed by atoms with Crippen molar-refractivity contribution < 1.29 is 32.0 Å². The van der Waals surface area contributed by atoms with Gasteiger partial charge in [-0.15, -0.1) is 0 Å². The van der Waals surface area contributed by atoms with Crippen LogP contribution in [0.15, 0.2) is 102 Å². The Morgan fingerprint density at radius 1 is 1.06 bits per heavy atom. The first-order chi connectivity index (χ1) is 22.8. The summed E-state index contributed by atoms with van der Waals surface area (Å²) in [7, 11) is -2.55. The minimum atomic E-state index is -4.15. The zero-order chi connectivity index (χ0) is 33.1. The Labute approximate surface area is 271 Å². The van der Waals surface area contributed by atoms with Gasteiger partial charge < -0.3 is 14.8 Å². The Morgan fingerprint density at radius 2 is 1.70 bits per heavy atom. The van der Waals surface area contributed by atoms with Crippen LogP contribution in [0.2, 0.25) is 0 Å². The molecule has 2 aliphatic rings. The summed E-state index contributed by atoms with van der Waals surface area (Å²) in [6.45, 7) is 1.26. The topological polar surface area (TPSA) is 134 Å². The van der Waals surface area contributed by atoms with Crippen LogP contribution >= 0.6 is 7.82 Å². The summed E-state index contributed by atoms with van der Waals surface area (Å²) >= 11 is 0. The highest BCUT2D eigenvalue weighted by molar-refractivity contribution is 7.48. The molecule has 0 amide bonds. The van der Waals surface area contributed by atoms with Crippen molar-refractivity contribution in [3.63, 3.8) is 0 Å². The number of nitrogens with one attached hydrogen (secondary N) is 1. The predicted octanol–water partition coefficient (Wildman–Crippen LogP) is 6.13. The van der Waals surface area contributed by atoms with Crippen molar-refractivity contribution in [2.75, 3.05) is 25.6 Å². The second kappa shape index (κ2) is 13.4. The van der Waals surface area contributed by atoms with Gasteiger partial charge in [-0.2, -0.15) is 10.2 Å². The van der Waals surface area contributed by atoms with E-state index in [4.69, 9.17) is 28.3 Å². The third kappa shape index (κ3) is 6.09. The number of anilines is 1. The lowest BCUT2D eigenvalue weighted by Crippen LogP contribution is -2.49. The van der Waals surface area contributed by atoms with E-state index >= 15 is 4.39 Å². The van der Waals surface area contributed by atoms with Crippen molar-refractivity contribution in [1.29, 1.82) is 5.26 Å². The van der Waals surface area contributed by atoms with Gasteiger partial charge in [0, 0.05) is 6.20 Å². The van der Waals surface area contributed by atoms with Gasteiger partial charge in [0.15, 0.2) is 12.4 Å². The van der Waals surface area contributed by atoms with Gasteiger partial charge in [-0.05, 0) is 41.3 Å². The molecule has 4 aromatic rings. The SMILES string of the molecule is CC[C@@]12COP(=O)(OCCC#N)O[C@H]1[C@@H](F)[C@H](n1ccc(NC(c3ccccc3)(c3ccccc3)c3ccc(OC)cc3)nc1=O)O2. The number of fused-ring (bicyclic) bond motifs is 1. The molecule has 2 saturated heterocycles. The normalized spacial score (nSPS) is 25.4. The Bertz CT molecular complexity index is 1800. The maximum absolute atomic E-state index is 16.1. The zero-order valence-corrected chi connectivity index (χ0v) is 26.7. The van der Waals surface area contributed by atoms with Crippen molar-refractivity contribution in [3.8, 4) is 11.8 Å². The van der Waals surface area contributed by atoms with E-state index in [9.17, 15) is 9.36 Å². The lowest BCUT2D eigenvalue weighted by Gasteiger charge is -2.39. The van der Waals surface area contributed by atoms with Gasteiger partial charge in [-0.1, -0.05) is 79.7 Å². The highest BCUT2D eigenvalue weighted by Gasteiger charge is 2.62. The van der Waals surface area contributed by atoms with Crippen LogP contribution in [0.3, 0.4) is 0 Å². The molecule has 47 heavy (non-hydrogen) atoms. The van der Waals surface area contributed by atoms with Crippen LogP contribution in [0, 0.1) is 11.3 Å². The number of nitriles is 1. The number of phosphoric ester groups is 1. The van der Waals surface area contributed by atoms with Crippen LogP contribution in [0.25, 0.3) is 0 Å². The molecule has 0 saturated carbocycles. The summed E-state index contributed by atoms with van der Waals surface area (Å²) in [6.07, 6.45) is -3.08. The number of hydrogen-bond donors (Lipinski definition) is 1. The van der Waals surface area contributed by atoms with Crippen LogP contribution in [-0.2, 0) is 28.4 Å². The third-order valence-corrected chi connectivity index (χ3v) is 9.99. The summed E-state index contributed by atoms with van der Waals surface area (Å²) in [6, 6.07) is 30.6. The van der Waals surface area contributed by atoms with Gasteiger partial charge in [0.1, 0.15) is 28.8 Å². The highest BCUT2D eigenvalue weighted by Crippen LogP contribution is 2.60. The average molecular weight is 661 g/mol. The van der Waals surface area contributed by atoms with Crippen LogP contribution in [0.5, 0.6) is 5.75 Å². The maximum atomic E-state index is 16.1. The van der Waals surface area contributed by atoms with Crippen LogP contribution in [0.1, 0.15) is 42.7 Å². The molecule has 244 valence electrons. The molecule has 13 heteroatoms. The average Bonchev–Trinajstić information content (AvgIpc) is 3.39. The molecule has 3 aromatic carbocycles. The second-order valence-corrected chi connectivity index (χ2v) is 12.8. The molecule has 3 heterocycles. The molecule has 0 spiro atoms. The minimum absolute atomic E-state index is 0.0474. The Balaban J connectivity index is 1.36. The van der Waals surface area contributed by atoms with Crippen molar-refractivity contribution in [2.45, 2.75) is 49.4 Å². The summed E-state index contributed by atoms with van der Waals surface area (Å²) in [5.41, 5.74) is -0.456. The van der Waals surface area contributed by atoms with Crippen LogP contribution in [-0.4, -0.2) is 47.8 Å². The van der Waals surface area contributed by atoms with Crippen molar-refractivity contribution in [1.82, 2.24) is 9.55 Å². The molecule has 1 N–H and O–H groups in total. The molecule has 5 atom stereocenters. The van der Waals surface area contributed by atoms with Gasteiger partial charge in [0.05, 0.1) is 32.8 Å². The summed E-state index contributed by atoms with van der Waals surface area (Å²) < 4.78 is 57.8. The van der Waals surface area contributed by atoms with Gasteiger partial charge >= 0.3 is 13.5 Å². The number of rotatable bonds is 11. The third-order valence-electron chi connectivity index (χ3n) is 8.56. The van der Waals surface area contributed by atoms with Crippen molar-refractivity contribution in [3.05, 3.63) is 124 Å². The van der Waals surface area contributed by atoms with Crippen molar-refractivity contribution >= 4 is 13.6 Å². The predicted molar refractivity (Wildman–Crippen MR) is 171 cm³/mol. The Morgan fingerprint density at radius 3 is 2.28 bits per heavy atom. The summed E-state index contributed by atoms with van der Waals surface area (Å²) in [5.74, 6) is 0.924. The number of methoxy groups -OCH3 is 1. The van der Waals surface area contributed by atoms with Gasteiger partial charge in [0.2, 0.25) is 0 Å². The van der Waals surface area contributed by atoms with E-state index in [0.29, 0.717) is 5.75 Å². The number of alkyl halides is 1. The fourth-order valence-electron chi connectivity index (χ4n) is 6.11. The van der Waals surface area contributed by atoms with Gasteiger partial charge in [-0.25, -0.2) is 13.8 Å². The number of aromatic nitrogens is 2. The van der Waals surface area contributed by atoms with Gasteiger partial charge in [0.25, 0.3) is 0 Å². The van der Waals surface area contributed by atoms with Crippen LogP contribution in [0.4, 0.5) is 10.2 Å². The quantitative estimate of drug-likeness (QED) is 0.114. The molecule has 0 radical (unpaired) electrons. The molecule has 2 fully saturated rings. The van der Waals surface area contributed by atoms with E-state index in [2.05, 4.69) is 10.3 Å². The molecule has 1 aromatic heterocycles. The van der Waals surface area contributed by atoms with E-state index in [1.165, 1.54) is 6.20 Å². The van der Waals surface area contributed by atoms with E-state index in [1.54, 1.807) is 20.1 Å². The molecule has 11 nitrogen and oxygen atoms in total. The number of phosphoric acid groups is 1. The maximum Gasteiger partial charge on any atom is 0.475 e. The van der Waals surface area contributed by atoms with Gasteiger partial charge in [-0.3, -0.25) is 18.1 Å². The second-order valence-electron chi connectivity index (χ2n) is 11.2. The molecule has 0 aliphatic carbocycles. The molecule has 1 unspecified atom stereocenters. The van der Waals surface area contributed by atoms with E-state index in [1.807, 2.05) is 91.0 Å². The first-order valence-electron chi connectivity index (χ1n) is 15.2. The smallest absolute Gasteiger partial charge is 0.475 e. The van der Waals surface area contributed by atoms with Crippen LogP contribution < -0.4 is 15.7 Å². The summed E-state index contributed by atoms with van der Waals surface area (Å²) in [4.78, 5) is 18.0. The number of ether oxygens (including phenoxy) is 2. The fourth-order valence-corrected chi connectivity index (χ4v) is 7.58. The van der Waals surface area contributed by atoms with E-state index < -0.39 is 43.2 Å². The first-order valence-corrected chi connectivity index (χ1v) is 16.6. The minimum Gasteiger partial charge on any atom is -0.497 e. The molecular formula is C34H34FN4O7P. The fraction of sp³-hybridized carbons (Fsp3) is 0.324. The molecule has 6 rings (SSSR count). The molecule has 0 bridgehead atoms. The van der Waals surface area contributed by atoms with E-state index in [-0.39, 0.29) is 31.9 Å².